The van der Waals surface area contributed by atoms with Gasteiger partial charge in [0.15, 0.2) is 5.58 Å². The average Bonchev–Trinajstić information content (AvgIpc) is 2.77. The fourth-order valence-corrected chi connectivity index (χ4v) is 1.96. The van der Waals surface area contributed by atoms with Crippen molar-refractivity contribution in [2.24, 2.45) is 0 Å². The van der Waals surface area contributed by atoms with E-state index >= 15 is 0 Å². The van der Waals surface area contributed by atoms with Crippen molar-refractivity contribution in [2.45, 2.75) is 6.54 Å². The van der Waals surface area contributed by atoms with Gasteiger partial charge in [-0.1, -0.05) is 0 Å². The topological polar surface area (TPSA) is 98.5 Å². The van der Waals surface area contributed by atoms with E-state index < -0.39 is 5.76 Å². The van der Waals surface area contributed by atoms with Crippen LogP contribution in [0.1, 0.15) is 5.56 Å². The molecule has 0 aliphatic carbocycles. The van der Waals surface area contributed by atoms with Crippen LogP contribution in [-0.2, 0) is 6.54 Å². The number of phenolic OH excluding ortho intramolecular Hbond substituents is 2. The molecule has 0 aliphatic rings. The molecule has 0 amide bonds. The van der Waals surface area contributed by atoms with Gasteiger partial charge in [0.1, 0.15) is 11.5 Å². The van der Waals surface area contributed by atoms with Gasteiger partial charge in [-0.15, -0.1) is 0 Å². The second-order valence-electron chi connectivity index (χ2n) is 4.39. The van der Waals surface area contributed by atoms with Gasteiger partial charge < -0.3 is 19.9 Å². The van der Waals surface area contributed by atoms with E-state index in [-0.39, 0.29) is 11.5 Å². The van der Waals surface area contributed by atoms with Crippen molar-refractivity contribution in [3.8, 4) is 11.5 Å². The molecule has 0 radical (unpaired) electrons. The molecule has 20 heavy (non-hydrogen) atoms. The number of fused-ring (bicyclic) bond motifs is 1. The molecular weight excluding hydrogens is 260 g/mol. The summed E-state index contributed by atoms with van der Waals surface area (Å²) >= 11 is 0. The van der Waals surface area contributed by atoms with E-state index in [2.05, 4.69) is 10.3 Å². The van der Waals surface area contributed by atoms with Gasteiger partial charge in [-0.2, -0.15) is 0 Å². The zero-order valence-electron chi connectivity index (χ0n) is 10.4. The van der Waals surface area contributed by atoms with Gasteiger partial charge in [0.05, 0.1) is 5.52 Å². The first-order chi connectivity index (χ1) is 9.61. The quantitative estimate of drug-likeness (QED) is 0.585. The number of aromatic amines is 1. The molecule has 6 nitrogen and oxygen atoms in total. The molecule has 6 heteroatoms. The number of aromatic hydroxyl groups is 2. The summed E-state index contributed by atoms with van der Waals surface area (Å²) in [4.78, 5) is 13.6. The highest BCUT2D eigenvalue weighted by Crippen LogP contribution is 2.24. The average molecular weight is 272 g/mol. The van der Waals surface area contributed by atoms with Gasteiger partial charge in [-0.25, -0.2) is 4.79 Å². The summed E-state index contributed by atoms with van der Waals surface area (Å²) in [5.74, 6) is -0.452. The molecule has 0 fully saturated rings. The maximum Gasteiger partial charge on any atom is 0.417 e. The molecule has 1 aromatic heterocycles. The highest BCUT2D eigenvalue weighted by Gasteiger charge is 2.04. The van der Waals surface area contributed by atoms with Crippen molar-refractivity contribution >= 4 is 16.8 Å². The fourth-order valence-electron chi connectivity index (χ4n) is 1.96. The number of H-pyrrole nitrogens is 1. The minimum Gasteiger partial charge on any atom is -0.508 e. The van der Waals surface area contributed by atoms with Gasteiger partial charge in [0.2, 0.25) is 0 Å². The number of phenols is 2. The first-order valence-corrected chi connectivity index (χ1v) is 5.99. The minimum absolute atomic E-state index is 0.0173. The second-order valence-corrected chi connectivity index (χ2v) is 4.39. The first-order valence-electron chi connectivity index (χ1n) is 5.99. The molecule has 0 bridgehead atoms. The van der Waals surface area contributed by atoms with Crippen LogP contribution in [0.3, 0.4) is 0 Å². The molecule has 0 saturated heterocycles. The molecule has 0 aliphatic heterocycles. The standard InChI is InChI=1S/C14H12N2O4/c17-10-3-1-8(12(18)6-10)7-15-9-2-4-13-11(5-9)16-14(19)20-13/h1-6,15,17-18H,7H2,(H,16,19). The summed E-state index contributed by atoms with van der Waals surface area (Å²) in [6.07, 6.45) is 0. The Bertz CT molecular complexity index is 819. The Morgan fingerprint density at radius 3 is 2.80 bits per heavy atom. The summed E-state index contributed by atoms with van der Waals surface area (Å²) in [6, 6.07) is 9.64. The van der Waals surface area contributed by atoms with E-state index in [4.69, 9.17) is 4.42 Å². The number of rotatable bonds is 3. The predicted octanol–water partition coefficient (Wildman–Crippen LogP) is 2.14. The van der Waals surface area contributed by atoms with Crippen molar-refractivity contribution in [3.63, 3.8) is 0 Å². The number of oxazole rings is 1. The molecule has 3 aromatic rings. The number of benzene rings is 2. The van der Waals surface area contributed by atoms with Crippen LogP contribution in [-0.4, -0.2) is 15.2 Å². The molecule has 0 saturated carbocycles. The molecule has 2 aromatic carbocycles. The minimum atomic E-state index is -0.492. The summed E-state index contributed by atoms with van der Waals surface area (Å²) in [7, 11) is 0. The van der Waals surface area contributed by atoms with Crippen LogP contribution in [0, 0.1) is 0 Å². The Kier molecular flexibility index (Phi) is 2.83. The molecule has 1 heterocycles. The summed E-state index contributed by atoms with van der Waals surface area (Å²) in [5, 5.41) is 22.0. The largest absolute Gasteiger partial charge is 0.508 e. The van der Waals surface area contributed by atoms with Gasteiger partial charge in [-0.3, -0.25) is 4.98 Å². The second kappa shape index (κ2) is 4.65. The van der Waals surface area contributed by atoms with E-state index in [9.17, 15) is 15.0 Å². The first kappa shape index (κ1) is 12.2. The van der Waals surface area contributed by atoms with E-state index in [1.807, 2.05) is 0 Å². The van der Waals surface area contributed by atoms with Crippen molar-refractivity contribution in [2.75, 3.05) is 5.32 Å². The van der Waals surface area contributed by atoms with Crippen LogP contribution in [0.5, 0.6) is 11.5 Å². The summed E-state index contributed by atoms with van der Waals surface area (Å²) in [5.41, 5.74) is 2.54. The van der Waals surface area contributed by atoms with Crippen LogP contribution in [0.4, 0.5) is 5.69 Å². The van der Waals surface area contributed by atoms with Crippen LogP contribution < -0.4 is 11.1 Å². The van der Waals surface area contributed by atoms with E-state index in [1.54, 1.807) is 24.3 Å². The normalized spacial score (nSPS) is 10.8. The van der Waals surface area contributed by atoms with E-state index in [0.717, 1.165) is 5.69 Å². The lowest BCUT2D eigenvalue weighted by Gasteiger charge is -2.08. The Labute approximate surface area is 113 Å². The lowest BCUT2D eigenvalue weighted by Crippen LogP contribution is -1.99. The molecular formula is C14H12N2O4. The third kappa shape index (κ3) is 2.31. The maximum atomic E-state index is 11.1. The maximum absolute atomic E-state index is 11.1. The lowest BCUT2D eigenvalue weighted by atomic mass is 10.2. The Morgan fingerprint density at radius 1 is 1.15 bits per heavy atom. The summed E-state index contributed by atoms with van der Waals surface area (Å²) < 4.78 is 4.91. The van der Waals surface area contributed by atoms with E-state index in [1.165, 1.54) is 12.1 Å². The number of anilines is 1. The van der Waals surface area contributed by atoms with Crippen molar-refractivity contribution < 1.29 is 14.6 Å². The molecule has 0 atom stereocenters. The Morgan fingerprint density at radius 2 is 2.00 bits per heavy atom. The Hall–Kier alpha value is -2.89. The number of hydrogen-bond acceptors (Lipinski definition) is 5. The number of nitrogens with one attached hydrogen (secondary N) is 2. The van der Waals surface area contributed by atoms with Crippen LogP contribution in [0.15, 0.2) is 45.6 Å². The molecule has 102 valence electrons. The summed E-state index contributed by atoms with van der Waals surface area (Å²) in [6.45, 7) is 0.389. The zero-order chi connectivity index (χ0) is 14.1. The highest BCUT2D eigenvalue weighted by molar-refractivity contribution is 5.76. The molecule has 3 rings (SSSR count). The van der Waals surface area contributed by atoms with Gasteiger partial charge >= 0.3 is 5.76 Å². The van der Waals surface area contributed by atoms with Crippen molar-refractivity contribution in [1.29, 1.82) is 0 Å². The smallest absolute Gasteiger partial charge is 0.417 e. The monoisotopic (exact) mass is 272 g/mol. The highest BCUT2D eigenvalue weighted by atomic mass is 16.4. The molecule has 0 unspecified atom stereocenters. The third-order valence-electron chi connectivity index (χ3n) is 2.97. The molecule has 4 N–H and O–H groups in total. The fraction of sp³-hybridized carbons (Fsp3) is 0.0714. The third-order valence-corrected chi connectivity index (χ3v) is 2.97. The van der Waals surface area contributed by atoms with Gasteiger partial charge in [0.25, 0.3) is 0 Å². The number of hydrogen-bond donors (Lipinski definition) is 4. The SMILES string of the molecule is O=c1[nH]c2cc(NCc3ccc(O)cc3O)ccc2o1. The lowest BCUT2D eigenvalue weighted by molar-refractivity contribution is 0.446. The van der Waals surface area contributed by atoms with Gasteiger partial charge in [-0.05, 0) is 30.3 Å². The predicted molar refractivity (Wildman–Crippen MR) is 73.9 cm³/mol. The van der Waals surface area contributed by atoms with E-state index in [0.29, 0.717) is 23.2 Å². The van der Waals surface area contributed by atoms with Crippen LogP contribution in [0.2, 0.25) is 0 Å². The van der Waals surface area contributed by atoms with Crippen molar-refractivity contribution in [3.05, 3.63) is 52.5 Å². The van der Waals surface area contributed by atoms with Crippen molar-refractivity contribution in [1.82, 2.24) is 4.98 Å². The van der Waals surface area contributed by atoms with Gasteiger partial charge in [0, 0.05) is 23.9 Å². The van der Waals surface area contributed by atoms with Crippen LogP contribution in [0.25, 0.3) is 11.1 Å². The number of aromatic nitrogens is 1. The Balaban J connectivity index is 1.80. The van der Waals surface area contributed by atoms with Crippen LogP contribution >= 0.6 is 0 Å². The molecule has 0 spiro atoms. The zero-order valence-corrected chi connectivity index (χ0v) is 10.4.